The Morgan fingerprint density at radius 1 is 0.955 bits per heavy atom. The van der Waals surface area contributed by atoms with Gasteiger partial charge in [0.05, 0.1) is 18.1 Å². The second-order valence-electron chi connectivity index (χ2n) is 5.23. The first-order valence-electron chi connectivity index (χ1n) is 7.01. The Bertz CT molecular complexity index is 855. The van der Waals surface area contributed by atoms with Gasteiger partial charge in [-0.2, -0.15) is 0 Å². The Hall–Kier alpha value is -2.75. The minimum atomic E-state index is 0.348. The summed E-state index contributed by atoms with van der Waals surface area (Å²) in [5, 5.41) is 0. The van der Waals surface area contributed by atoms with Crippen LogP contribution in [0.1, 0.15) is 21.6 Å². The molecular weight excluding hydrogens is 276 g/mol. The van der Waals surface area contributed by atoms with Gasteiger partial charge in [-0.1, -0.05) is 0 Å². The molecule has 0 atom stereocenters. The minimum absolute atomic E-state index is 0.348. The van der Waals surface area contributed by atoms with Gasteiger partial charge in [0.25, 0.3) is 0 Å². The molecule has 0 amide bonds. The van der Waals surface area contributed by atoms with Crippen LogP contribution in [0, 0.1) is 13.8 Å². The van der Waals surface area contributed by atoms with E-state index in [0.717, 1.165) is 39.8 Å². The van der Waals surface area contributed by atoms with Crippen molar-refractivity contribution in [2.45, 2.75) is 13.8 Å². The lowest BCUT2D eigenvalue weighted by Crippen LogP contribution is -1.99. The Balaban J connectivity index is 2.22. The molecule has 0 fully saturated rings. The van der Waals surface area contributed by atoms with E-state index in [1.54, 1.807) is 7.11 Å². The zero-order chi connectivity index (χ0) is 15.7. The van der Waals surface area contributed by atoms with Crippen molar-refractivity contribution >= 4 is 17.3 Å². The molecule has 0 saturated carbocycles. The topological polar surface area (TPSA) is 52.1 Å². The predicted molar refractivity (Wildman–Crippen MR) is 86.4 cm³/mol. The SMILES string of the molecule is COc1ccc(-c2nc3cc(C)c(C)cc3nc2C=O)cc1. The van der Waals surface area contributed by atoms with Gasteiger partial charge in [0, 0.05) is 5.56 Å². The van der Waals surface area contributed by atoms with E-state index in [1.807, 2.05) is 50.2 Å². The van der Waals surface area contributed by atoms with Crippen molar-refractivity contribution in [1.29, 1.82) is 0 Å². The molecule has 22 heavy (non-hydrogen) atoms. The van der Waals surface area contributed by atoms with Crippen LogP contribution in [0.2, 0.25) is 0 Å². The molecular formula is C18H16N2O2. The van der Waals surface area contributed by atoms with E-state index in [9.17, 15) is 4.79 Å². The van der Waals surface area contributed by atoms with Crippen LogP contribution in [0.4, 0.5) is 0 Å². The van der Waals surface area contributed by atoms with Gasteiger partial charge in [0.2, 0.25) is 0 Å². The van der Waals surface area contributed by atoms with Gasteiger partial charge in [0.15, 0.2) is 6.29 Å². The third-order valence-electron chi connectivity index (χ3n) is 3.78. The summed E-state index contributed by atoms with van der Waals surface area (Å²) in [6.07, 6.45) is 0.751. The van der Waals surface area contributed by atoms with Crippen LogP contribution in [0.25, 0.3) is 22.3 Å². The molecule has 0 aliphatic rings. The van der Waals surface area contributed by atoms with Crippen molar-refractivity contribution in [3.05, 3.63) is 53.2 Å². The molecule has 0 aliphatic heterocycles. The second kappa shape index (κ2) is 5.56. The molecule has 3 aromatic rings. The Kier molecular flexibility index (Phi) is 3.59. The van der Waals surface area contributed by atoms with Crippen LogP contribution < -0.4 is 4.74 Å². The van der Waals surface area contributed by atoms with Gasteiger partial charge in [-0.25, -0.2) is 9.97 Å². The van der Waals surface area contributed by atoms with Crippen LogP contribution >= 0.6 is 0 Å². The van der Waals surface area contributed by atoms with Gasteiger partial charge >= 0.3 is 0 Å². The lowest BCUT2D eigenvalue weighted by atomic mass is 10.1. The van der Waals surface area contributed by atoms with Crippen LogP contribution in [0.3, 0.4) is 0 Å². The molecule has 0 bridgehead atoms. The highest BCUT2D eigenvalue weighted by molar-refractivity contribution is 5.89. The Morgan fingerprint density at radius 2 is 1.55 bits per heavy atom. The number of carbonyl (C=O) groups excluding carboxylic acids is 1. The maximum absolute atomic E-state index is 11.4. The van der Waals surface area contributed by atoms with E-state index < -0.39 is 0 Å². The quantitative estimate of drug-likeness (QED) is 0.690. The molecule has 2 aromatic carbocycles. The third kappa shape index (κ3) is 2.44. The van der Waals surface area contributed by atoms with Crippen molar-refractivity contribution < 1.29 is 9.53 Å². The molecule has 1 heterocycles. The van der Waals surface area contributed by atoms with Crippen molar-refractivity contribution in [3.63, 3.8) is 0 Å². The molecule has 1 aromatic heterocycles. The predicted octanol–water partition coefficient (Wildman–Crippen LogP) is 3.73. The smallest absolute Gasteiger partial charge is 0.170 e. The molecule has 0 unspecified atom stereocenters. The number of rotatable bonds is 3. The van der Waals surface area contributed by atoms with Crippen LogP contribution in [-0.4, -0.2) is 23.4 Å². The van der Waals surface area contributed by atoms with Crippen LogP contribution in [0.5, 0.6) is 5.75 Å². The normalized spacial score (nSPS) is 10.7. The summed E-state index contributed by atoms with van der Waals surface area (Å²) in [4.78, 5) is 20.5. The fraction of sp³-hybridized carbons (Fsp3) is 0.167. The zero-order valence-electron chi connectivity index (χ0n) is 12.8. The first kappa shape index (κ1) is 14.2. The number of aldehydes is 1. The van der Waals surface area contributed by atoms with Crippen molar-refractivity contribution in [1.82, 2.24) is 9.97 Å². The Morgan fingerprint density at radius 3 is 2.09 bits per heavy atom. The molecule has 0 spiro atoms. The number of methoxy groups -OCH3 is 1. The van der Waals surface area contributed by atoms with E-state index in [-0.39, 0.29) is 0 Å². The monoisotopic (exact) mass is 292 g/mol. The molecule has 3 rings (SSSR count). The molecule has 110 valence electrons. The number of nitrogens with zero attached hydrogens (tertiary/aromatic N) is 2. The van der Waals surface area contributed by atoms with Gasteiger partial charge in [-0.3, -0.25) is 4.79 Å². The largest absolute Gasteiger partial charge is 0.497 e. The third-order valence-corrected chi connectivity index (χ3v) is 3.78. The number of carbonyl (C=O) groups is 1. The summed E-state index contributed by atoms with van der Waals surface area (Å²) in [6, 6.07) is 11.4. The highest BCUT2D eigenvalue weighted by atomic mass is 16.5. The summed E-state index contributed by atoms with van der Waals surface area (Å²) in [7, 11) is 1.62. The summed E-state index contributed by atoms with van der Waals surface area (Å²) in [5.74, 6) is 0.761. The number of aromatic nitrogens is 2. The number of fused-ring (bicyclic) bond motifs is 1. The summed E-state index contributed by atoms with van der Waals surface area (Å²) < 4.78 is 5.16. The number of hydrogen-bond donors (Lipinski definition) is 0. The highest BCUT2D eigenvalue weighted by Gasteiger charge is 2.11. The highest BCUT2D eigenvalue weighted by Crippen LogP contribution is 2.25. The van der Waals surface area contributed by atoms with E-state index in [0.29, 0.717) is 11.4 Å². The van der Waals surface area contributed by atoms with E-state index in [4.69, 9.17) is 4.74 Å². The van der Waals surface area contributed by atoms with Crippen molar-refractivity contribution in [2.24, 2.45) is 0 Å². The summed E-state index contributed by atoms with van der Waals surface area (Å²) in [5.41, 5.74) is 5.60. The fourth-order valence-electron chi connectivity index (χ4n) is 2.37. The summed E-state index contributed by atoms with van der Waals surface area (Å²) >= 11 is 0. The standard InChI is InChI=1S/C18H16N2O2/c1-11-8-15-16(9-12(11)2)20-18(17(10-21)19-15)13-4-6-14(22-3)7-5-13/h4-10H,1-3H3. The molecule has 4 heteroatoms. The van der Waals surface area contributed by atoms with E-state index in [1.165, 1.54) is 0 Å². The van der Waals surface area contributed by atoms with Crippen LogP contribution in [-0.2, 0) is 0 Å². The average Bonchev–Trinajstić information content (AvgIpc) is 2.55. The molecule has 0 radical (unpaired) electrons. The molecule has 0 saturated heterocycles. The minimum Gasteiger partial charge on any atom is -0.497 e. The summed E-state index contributed by atoms with van der Waals surface area (Å²) in [6.45, 7) is 4.06. The lowest BCUT2D eigenvalue weighted by molar-refractivity contribution is 0.111. The fourth-order valence-corrected chi connectivity index (χ4v) is 2.37. The van der Waals surface area contributed by atoms with Crippen molar-refractivity contribution in [2.75, 3.05) is 7.11 Å². The van der Waals surface area contributed by atoms with Gasteiger partial charge < -0.3 is 4.74 Å². The molecule has 4 nitrogen and oxygen atoms in total. The first-order valence-corrected chi connectivity index (χ1v) is 7.01. The number of hydrogen-bond acceptors (Lipinski definition) is 4. The van der Waals surface area contributed by atoms with E-state index >= 15 is 0 Å². The number of benzene rings is 2. The van der Waals surface area contributed by atoms with Crippen LogP contribution in [0.15, 0.2) is 36.4 Å². The number of ether oxygens (including phenoxy) is 1. The zero-order valence-corrected chi connectivity index (χ0v) is 12.8. The molecule has 0 aliphatic carbocycles. The van der Waals surface area contributed by atoms with Gasteiger partial charge in [-0.05, 0) is 61.4 Å². The maximum atomic E-state index is 11.4. The maximum Gasteiger partial charge on any atom is 0.170 e. The van der Waals surface area contributed by atoms with Gasteiger partial charge in [0.1, 0.15) is 17.1 Å². The lowest BCUT2D eigenvalue weighted by Gasteiger charge is -2.09. The Labute approximate surface area is 128 Å². The first-order chi connectivity index (χ1) is 10.6. The number of aryl methyl sites for hydroxylation is 2. The van der Waals surface area contributed by atoms with Gasteiger partial charge in [-0.15, -0.1) is 0 Å². The van der Waals surface area contributed by atoms with E-state index in [2.05, 4.69) is 9.97 Å². The van der Waals surface area contributed by atoms with Crippen molar-refractivity contribution in [3.8, 4) is 17.0 Å². The second-order valence-corrected chi connectivity index (χ2v) is 5.23. The average molecular weight is 292 g/mol. The molecule has 0 N–H and O–H groups in total.